The van der Waals surface area contributed by atoms with Gasteiger partial charge in [0.2, 0.25) is 11.8 Å². The number of hydrogen-bond donors (Lipinski definition) is 3. The molecular weight excluding hydrogens is 330 g/mol. The number of aromatic nitrogens is 1. The molecule has 1 unspecified atom stereocenters. The van der Waals surface area contributed by atoms with Crippen molar-refractivity contribution in [1.29, 1.82) is 0 Å². The van der Waals surface area contributed by atoms with E-state index in [1.807, 2.05) is 30.1 Å². The Morgan fingerprint density at radius 1 is 1.23 bits per heavy atom. The van der Waals surface area contributed by atoms with Crippen molar-refractivity contribution < 1.29 is 14.7 Å². The predicted molar refractivity (Wildman–Crippen MR) is 100 cm³/mol. The van der Waals surface area contributed by atoms with Gasteiger partial charge in [-0.05, 0) is 42.4 Å². The number of carbonyl (C=O) groups excluding carboxylic acids is 2. The van der Waals surface area contributed by atoms with Crippen molar-refractivity contribution >= 4 is 17.9 Å². The van der Waals surface area contributed by atoms with Gasteiger partial charge in [0.25, 0.3) is 0 Å². The standard InChI is InChI=1S/C20H27N3O3/c1-23-10-7-16(12-23)5-6-18(26)22-15-20(13-19(20)8-3-9-19)14-21-17(25)4-2-11-24/h2,4-7,10,12,24H,3,8-9,11,13-15H2,1H3,(H,21,25)(H,22,26)/b4-2+,6-5+. The second-order valence-corrected chi connectivity index (χ2v) is 7.56. The molecule has 2 aliphatic rings. The first-order chi connectivity index (χ1) is 12.5. The average Bonchev–Trinajstić information content (AvgIpc) is 3.12. The van der Waals surface area contributed by atoms with Gasteiger partial charge >= 0.3 is 0 Å². The van der Waals surface area contributed by atoms with E-state index in [1.54, 1.807) is 12.2 Å². The Bertz CT molecular complexity index is 730. The van der Waals surface area contributed by atoms with Crippen molar-refractivity contribution in [2.24, 2.45) is 17.9 Å². The number of aryl methyl sites for hydroxylation is 1. The number of aliphatic hydroxyl groups is 1. The lowest BCUT2D eigenvalue weighted by atomic mass is 9.75. The van der Waals surface area contributed by atoms with Crippen molar-refractivity contribution in [2.75, 3.05) is 19.7 Å². The van der Waals surface area contributed by atoms with Crippen LogP contribution in [0.1, 0.15) is 31.2 Å². The molecule has 1 aromatic rings. The smallest absolute Gasteiger partial charge is 0.244 e. The highest BCUT2D eigenvalue weighted by molar-refractivity contribution is 5.91. The van der Waals surface area contributed by atoms with E-state index < -0.39 is 0 Å². The first kappa shape index (κ1) is 18.5. The molecule has 6 nitrogen and oxygen atoms in total. The van der Waals surface area contributed by atoms with Gasteiger partial charge in [-0.2, -0.15) is 0 Å². The van der Waals surface area contributed by atoms with Gasteiger partial charge in [-0.15, -0.1) is 0 Å². The molecular formula is C20H27N3O3. The number of hydrogen-bond acceptors (Lipinski definition) is 3. The molecule has 0 aromatic carbocycles. The Morgan fingerprint density at radius 3 is 2.42 bits per heavy atom. The third-order valence-corrected chi connectivity index (χ3v) is 5.85. The third kappa shape index (κ3) is 3.90. The van der Waals surface area contributed by atoms with Crippen LogP contribution in [-0.4, -0.2) is 41.2 Å². The first-order valence-corrected chi connectivity index (χ1v) is 9.12. The zero-order valence-electron chi connectivity index (χ0n) is 15.2. The minimum absolute atomic E-state index is 0.0375. The third-order valence-electron chi connectivity index (χ3n) is 5.85. The van der Waals surface area contributed by atoms with Gasteiger partial charge in [0.15, 0.2) is 0 Å². The number of carbonyl (C=O) groups is 2. The summed E-state index contributed by atoms with van der Waals surface area (Å²) in [4.78, 5) is 23.9. The summed E-state index contributed by atoms with van der Waals surface area (Å²) in [6.45, 7) is 0.992. The lowest BCUT2D eigenvalue weighted by Crippen LogP contribution is -2.41. The first-order valence-electron chi connectivity index (χ1n) is 9.12. The highest BCUT2D eigenvalue weighted by Crippen LogP contribution is 2.73. The minimum atomic E-state index is -0.199. The molecule has 140 valence electrons. The number of rotatable bonds is 8. The molecule has 1 atom stereocenters. The molecule has 3 rings (SSSR count). The van der Waals surface area contributed by atoms with Crippen LogP contribution < -0.4 is 10.6 Å². The minimum Gasteiger partial charge on any atom is -0.392 e. The molecule has 0 aliphatic heterocycles. The Labute approximate surface area is 154 Å². The largest absolute Gasteiger partial charge is 0.392 e. The van der Waals surface area contributed by atoms with E-state index in [0.717, 1.165) is 12.0 Å². The van der Waals surface area contributed by atoms with Crippen LogP contribution >= 0.6 is 0 Å². The van der Waals surface area contributed by atoms with E-state index in [-0.39, 0.29) is 29.3 Å². The lowest BCUT2D eigenvalue weighted by molar-refractivity contribution is -0.116. The number of nitrogens with zero attached hydrogens (tertiary/aromatic N) is 1. The van der Waals surface area contributed by atoms with E-state index in [4.69, 9.17) is 5.11 Å². The van der Waals surface area contributed by atoms with Gasteiger partial charge in [0, 0.05) is 50.1 Å². The van der Waals surface area contributed by atoms with Gasteiger partial charge in [0.1, 0.15) is 0 Å². The SMILES string of the molecule is Cn1ccc(/C=C/C(=O)NCC2(CNC(=O)/C=C/CO)CC23CCC3)c1. The zero-order chi connectivity index (χ0) is 18.6. The Balaban J connectivity index is 1.52. The van der Waals surface area contributed by atoms with E-state index in [1.165, 1.54) is 31.4 Å². The van der Waals surface area contributed by atoms with Gasteiger partial charge in [0.05, 0.1) is 6.61 Å². The molecule has 3 N–H and O–H groups in total. The fraction of sp³-hybridized carbons (Fsp3) is 0.500. The molecule has 26 heavy (non-hydrogen) atoms. The predicted octanol–water partition coefficient (Wildman–Crippen LogP) is 1.38. The van der Waals surface area contributed by atoms with Crippen LogP contribution in [0.3, 0.4) is 0 Å². The second-order valence-electron chi connectivity index (χ2n) is 7.56. The fourth-order valence-electron chi connectivity index (χ4n) is 4.06. The highest BCUT2D eigenvalue weighted by atomic mass is 16.2. The van der Waals surface area contributed by atoms with E-state index in [2.05, 4.69) is 10.6 Å². The van der Waals surface area contributed by atoms with Crippen molar-refractivity contribution in [1.82, 2.24) is 15.2 Å². The highest BCUT2D eigenvalue weighted by Gasteiger charge is 2.68. The Kier molecular flexibility index (Phi) is 5.32. The van der Waals surface area contributed by atoms with Crippen LogP contribution in [0.5, 0.6) is 0 Å². The van der Waals surface area contributed by atoms with E-state index >= 15 is 0 Å². The Morgan fingerprint density at radius 2 is 1.92 bits per heavy atom. The monoisotopic (exact) mass is 357 g/mol. The van der Waals surface area contributed by atoms with E-state index in [0.29, 0.717) is 13.1 Å². The normalized spacial score (nSPS) is 23.3. The van der Waals surface area contributed by atoms with Crippen molar-refractivity contribution in [3.05, 3.63) is 42.3 Å². The maximum atomic E-state index is 12.2. The van der Waals surface area contributed by atoms with Gasteiger partial charge in [-0.1, -0.05) is 12.5 Å². The van der Waals surface area contributed by atoms with Gasteiger partial charge in [-0.3, -0.25) is 9.59 Å². The number of nitrogens with one attached hydrogen (secondary N) is 2. The lowest BCUT2D eigenvalue weighted by Gasteiger charge is -2.33. The average molecular weight is 357 g/mol. The molecule has 0 saturated heterocycles. The molecule has 2 aliphatic carbocycles. The van der Waals surface area contributed by atoms with Gasteiger partial charge < -0.3 is 20.3 Å². The second kappa shape index (κ2) is 7.50. The molecule has 1 spiro atoms. The van der Waals surface area contributed by atoms with Crippen LogP contribution in [0, 0.1) is 10.8 Å². The summed E-state index contributed by atoms with van der Waals surface area (Å²) in [5, 5.41) is 14.7. The molecule has 6 heteroatoms. The zero-order valence-corrected chi connectivity index (χ0v) is 15.2. The summed E-state index contributed by atoms with van der Waals surface area (Å²) in [6, 6.07) is 1.95. The van der Waals surface area contributed by atoms with Crippen LogP contribution in [0.4, 0.5) is 0 Å². The van der Waals surface area contributed by atoms with Crippen LogP contribution in [0.25, 0.3) is 6.08 Å². The summed E-state index contributed by atoms with van der Waals surface area (Å²) >= 11 is 0. The van der Waals surface area contributed by atoms with Crippen LogP contribution in [-0.2, 0) is 16.6 Å². The maximum Gasteiger partial charge on any atom is 0.244 e. The maximum absolute atomic E-state index is 12.2. The van der Waals surface area contributed by atoms with Crippen molar-refractivity contribution in [2.45, 2.75) is 25.7 Å². The molecule has 2 amide bonds. The molecule has 2 saturated carbocycles. The molecule has 1 aromatic heterocycles. The number of amides is 2. The summed E-state index contributed by atoms with van der Waals surface area (Å²) in [5.41, 5.74) is 1.24. The molecule has 0 bridgehead atoms. The van der Waals surface area contributed by atoms with Crippen molar-refractivity contribution in [3.8, 4) is 0 Å². The summed E-state index contributed by atoms with van der Waals surface area (Å²) < 4.78 is 1.94. The molecule has 2 fully saturated rings. The quantitative estimate of drug-likeness (QED) is 0.615. The molecule has 1 heterocycles. The Hall–Kier alpha value is -2.34. The fourth-order valence-corrected chi connectivity index (χ4v) is 4.06. The van der Waals surface area contributed by atoms with Gasteiger partial charge in [-0.25, -0.2) is 0 Å². The summed E-state index contributed by atoms with van der Waals surface area (Å²) in [5.74, 6) is -0.309. The van der Waals surface area contributed by atoms with E-state index in [9.17, 15) is 9.59 Å². The molecule has 0 radical (unpaired) electrons. The summed E-state index contributed by atoms with van der Waals surface area (Å²) in [6.07, 6.45) is 14.6. The number of aliphatic hydroxyl groups excluding tert-OH is 1. The van der Waals surface area contributed by atoms with Crippen LogP contribution in [0.15, 0.2) is 36.7 Å². The summed E-state index contributed by atoms with van der Waals surface area (Å²) in [7, 11) is 1.94. The van der Waals surface area contributed by atoms with Crippen molar-refractivity contribution in [3.63, 3.8) is 0 Å². The van der Waals surface area contributed by atoms with Crippen LogP contribution in [0.2, 0.25) is 0 Å². The topological polar surface area (TPSA) is 83.4 Å².